The van der Waals surface area contributed by atoms with Gasteiger partial charge in [0.1, 0.15) is 0 Å². The number of benzene rings is 1. The van der Waals surface area contributed by atoms with Gasteiger partial charge < -0.3 is 9.47 Å². The molecule has 0 atom stereocenters. The van der Waals surface area contributed by atoms with E-state index >= 15 is 0 Å². The average molecular weight is 645 g/mol. The lowest BCUT2D eigenvalue weighted by Crippen LogP contribution is -2.15. The van der Waals surface area contributed by atoms with E-state index < -0.39 is 12.2 Å². The van der Waals surface area contributed by atoms with Gasteiger partial charge in [-0.25, -0.2) is 9.59 Å². The van der Waals surface area contributed by atoms with Crippen LogP contribution in [0.2, 0.25) is 0 Å². The van der Waals surface area contributed by atoms with Crippen LogP contribution in [-0.2, 0) is 9.47 Å². The lowest BCUT2D eigenvalue weighted by Gasteiger charge is -2.09. The van der Waals surface area contributed by atoms with E-state index in [1.165, 1.54) is 154 Å². The second-order valence-corrected chi connectivity index (χ2v) is 13.3. The SMILES string of the molecule is CCCCCCCCCCCCCCCCOC(=O)Nc1ccc(NC(=O)OCCCCCCCCCCCCCCCC)cc1. The summed E-state index contributed by atoms with van der Waals surface area (Å²) in [6, 6.07) is 6.99. The van der Waals surface area contributed by atoms with Crippen LogP contribution >= 0.6 is 0 Å². The van der Waals surface area contributed by atoms with Crippen LogP contribution in [0.25, 0.3) is 0 Å². The summed E-state index contributed by atoms with van der Waals surface area (Å²) < 4.78 is 10.7. The lowest BCUT2D eigenvalue weighted by atomic mass is 10.0. The maximum Gasteiger partial charge on any atom is 0.411 e. The van der Waals surface area contributed by atoms with E-state index in [1.807, 2.05) is 0 Å². The van der Waals surface area contributed by atoms with Gasteiger partial charge in [-0.05, 0) is 37.1 Å². The van der Waals surface area contributed by atoms with E-state index in [9.17, 15) is 9.59 Å². The first-order valence-electron chi connectivity index (χ1n) is 19.6. The average Bonchev–Trinajstić information content (AvgIpc) is 3.05. The van der Waals surface area contributed by atoms with Crippen molar-refractivity contribution in [3.8, 4) is 0 Å². The molecule has 0 saturated heterocycles. The second-order valence-electron chi connectivity index (χ2n) is 13.3. The molecule has 6 nitrogen and oxygen atoms in total. The number of carbonyl (C=O) groups is 2. The van der Waals surface area contributed by atoms with Crippen LogP contribution in [0.5, 0.6) is 0 Å². The van der Waals surface area contributed by atoms with Crippen molar-refractivity contribution in [3.63, 3.8) is 0 Å². The van der Waals surface area contributed by atoms with Crippen molar-refractivity contribution < 1.29 is 19.1 Å². The summed E-state index contributed by atoms with van der Waals surface area (Å²) in [7, 11) is 0. The van der Waals surface area contributed by atoms with Crippen LogP contribution < -0.4 is 10.6 Å². The van der Waals surface area contributed by atoms with E-state index in [0.29, 0.717) is 24.6 Å². The molecule has 0 aliphatic carbocycles. The molecule has 0 bridgehead atoms. The van der Waals surface area contributed by atoms with Gasteiger partial charge in [0.25, 0.3) is 0 Å². The number of hydrogen-bond acceptors (Lipinski definition) is 4. The van der Waals surface area contributed by atoms with E-state index in [2.05, 4.69) is 24.5 Å². The first-order valence-corrected chi connectivity index (χ1v) is 19.6. The molecule has 1 aromatic carbocycles. The Morgan fingerprint density at radius 3 is 0.848 bits per heavy atom. The summed E-state index contributed by atoms with van der Waals surface area (Å²) in [5.41, 5.74) is 1.26. The summed E-state index contributed by atoms with van der Waals surface area (Å²) in [6.07, 6.45) is 35.6. The predicted molar refractivity (Wildman–Crippen MR) is 197 cm³/mol. The Morgan fingerprint density at radius 2 is 0.609 bits per heavy atom. The standard InChI is InChI=1S/C40H72N2O4/c1-3-5-7-9-11-13-15-17-19-21-23-25-27-29-35-45-39(43)41-37-31-33-38(34-32-37)42-40(44)46-36-30-28-26-24-22-20-18-16-14-12-10-8-6-4-2/h31-34H,3-30,35-36H2,1-2H3,(H,41,43)(H,42,44). The second kappa shape index (κ2) is 32.7. The van der Waals surface area contributed by atoms with Crippen molar-refractivity contribution in [2.24, 2.45) is 0 Å². The largest absolute Gasteiger partial charge is 0.449 e. The zero-order valence-corrected chi connectivity index (χ0v) is 30.2. The van der Waals surface area contributed by atoms with Crippen LogP contribution in [-0.4, -0.2) is 25.4 Å². The molecule has 0 unspecified atom stereocenters. The molecule has 0 aliphatic rings. The fraction of sp³-hybridized carbons (Fsp3) is 0.800. The Morgan fingerprint density at radius 1 is 0.391 bits per heavy atom. The zero-order valence-electron chi connectivity index (χ0n) is 30.2. The quantitative estimate of drug-likeness (QED) is 0.0765. The minimum Gasteiger partial charge on any atom is -0.449 e. The van der Waals surface area contributed by atoms with Gasteiger partial charge in [0.05, 0.1) is 13.2 Å². The first kappa shape index (κ1) is 41.8. The van der Waals surface area contributed by atoms with E-state index in [1.54, 1.807) is 24.3 Å². The monoisotopic (exact) mass is 645 g/mol. The number of nitrogens with one attached hydrogen (secondary N) is 2. The minimum absolute atomic E-state index is 0.439. The molecule has 0 radical (unpaired) electrons. The summed E-state index contributed by atoms with van der Waals surface area (Å²) in [5, 5.41) is 5.50. The molecular formula is C40H72N2O4. The highest BCUT2D eigenvalue weighted by atomic mass is 16.6. The van der Waals surface area contributed by atoms with Crippen LogP contribution in [0, 0.1) is 0 Å². The molecule has 2 N–H and O–H groups in total. The van der Waals surface area contributed by atoms with Gasteiger partial charge in [-0.15, -0.1) is 0 Å². The van der Waals surface area contributed by atoms with Crippen LogP contribution in [0.4, 0.5) is 21.0 Å². The molecule has 266 valence electrons. The molecule has 0 fully saturated rings. The molecule has 0 saturated carbocycles. The maximum absolute atomic E-state index is 12.1. The molecule has 2 amide bonds. The predicted octanol–water partition coefficient (Wildman–Crippen LogP) is 13.7. The van der Waals surface area contributed by atoms with Gasteiger partial charge in [0, 0.05) is 11.4 Å². The van der Waals surface area contributed by atoms with Gasteiger partial charge in [-0.1, -0.05) is 181 Å². The third-order valence-electron chi connectivity index (χ3n) is 8.84. The number of hydrogen-bond donors (Lipinski definition) is 2. The fourth-order valence-electron chi connectivity index (χ4n) is 5.87. The van der Waals surface area contributed by atoms with E-state index in [0.717, 1.165) is 25.7 Å². The van der Waals surface area contributed by atoms with Crippen molar-refractivity contribution in [2.45, 2.75) is 194 Å². The molecule has 46 heavy (non-hydrogen) atoms. The highest BCUT2D eigenvalue weighted by molar-refractivity contribution is 5.87. The Labute approximate surface area is 283 Å². The Bertz CT molecular complexity index is 747. The molecule has 0 aliphatic heterocycles. The van der Waals surface area contributed by atoms with Crippen molar-refractivity contribution in [1.29, 1.82) is 0 Å². The van der Waals surface area contributed by atoms with Crippen LogP contribution in [0.15, 0.2) is 24.3 Å². The lowest BCUT2D eigenvalue weighted by molar-refractivity contribution is 0.158. The smallest absolute Gasteiger partial charge is 0.411 e. The summed E-state index contributed by atoms with van der Waals surface area (Å²) in [5.74, 6) is 0. The summed E-state index contributed by atoms with van der Waals surface area (Å²) >= 11 is 0. The summed E-state index contributed by atoms with van der Waals surface area (Å²) in [6.45, 7) is 5.42. The molecule has 0 aromatic heterocycles. The summed E-state index contributed by atoms with van der Waals surface area (Å²) in [4.78, 5) is 24.2. The van der Waals surface area contributed by atoms with Gasteiger partial charge >= 0.3 is 12.2 Å². The zero-order chi connectivity index (χ0) is 33.2. The topological polar surface area (TPSA) is 76.7 Å². The molecule has 6 heteroatoms. The molecule has 0 spiro atoms. The number of amides is 2. The molecule has 1 aromatic rings. The van der Waals surface area contributed by atoms with Gasteiger partial charge in [-0.2, -0.15) is 0 Å². The minimum atomic E-state index is -0.442. The van der Waals surface area contributed by atoms with Gasteiger partial charge in [-0.3, -0.25) is 10.6 Å². The number of ether oxygens (including phenoxy) is 2. The van der Waals surface area contributed by atoms with E-state index in [-0.39, 0.29) is 0 Å². The Hall–Kier alpha value is -2.24. The van der Waals surface area contributed by atoms with Crippen LogP contribution in [0.3, 0.4) is 0 Å². The van der Waals surface area contributed by atoms with E-state index in [4.69, 9.17) is 9.47 Å². The molecule has 0 heterocycles. The number of unbranched alkanes of at least 4 members (excludes halogenated alkanes) is 26. The maximum atomic E-state index is 12.1. The number of carbonyl (C=O) groups excluding carboxylic acids is 2. The number of rotatable bonds is 32. The van der Waals surface area contributed by atoms with Gasteiger partial charge in [0.2, 0.25) is 0 Å². The van der Waals surface area contributed by atoms with Crippen molar-refractivity contribution >= 4 is 23.6 Å². The number of anilines is 2. The Kier molecular flexibility index (Phi) is 29.7. The highest BCUT2D eigenvalue weighted by Gasteiger charge is 2.06. The third kappa shape index (κ3) is 28.0. The highest BCUT2D eigenvalue weighted by Crippen LogP contribution is 2.16. The van der Waals surface area contributed by atoms with Crippen molar-refractivity contribution in [1.82, 2.24) is 0 Å². The fourth-order valence-corrected chi connectivity index (χ4v) is 5.87. The van der Waals surface area contributed by atoms with Gasteiger partial charge in [0.15, 0.2) is 0 Å². The molecule has 1 rings (SSSR count). The Balaban J connectivity index is 1.92. The van der Waals surface area contributed by atoms with Crippen molar-refractivity contribution in [2.75, 3.05) is 23.8 Å². The van der Waals surface area contributed by atoms with Crippen LogP contribution in [0.1, 0.15) is 194 Å². The molecular weight excluding hydrogens is 572 g/mol. The first-order chi connectivity index (χ1) is 22.7. The third-order valence-corrected chi connectivity index (χ3v) is 8.84. The normalized spacial score (nSPS) is 11.0. The van der Waals surface area contributed by atoms with Crippen molar-refractivity contribution in [3.05, 3.63) is 24.3 Å².